The second-order valence-electron chi connectivity index (χ2n) is 7.08. The van der Waals surface area contributed by atoms with Crippen LogP contribution in [0.3, 0.4) is 0 Å². The first-order valence-electron chi connectivity index (χ1n) is 10.1. The number of hydrogen-bond acceptors (Lipinski definition) is 4. The van der Waals surface area contributed by atoms with Gasteiger partial charge in [0.1, 0.15) is 18.5 Å². The zero-order valence-corrected chi connectivity index (χ0v) is 17.8. The minimum Gasteiger partial charge on any atom is -1.00 e. The van der Waals surface area contributed by atoms with Gasteiger partial charge in [0, 0.05) is 5.57 Å². The van der Waals surface area contributed by atoms with Crippen LogP contribution < -0.4 is 26.8 Å². The van der Waals surface area contributed by atoms with Crippen LogP contribution in [0.25, 0.3) is 0 Å². The van der Waals surface area contributed by atoms with E-state index in [1.54, 1.807) is 0 Å². The highest BCUT2D eigenvalue weighted by atomic mass is 35.5. The van der Waals surface area contributed by atoms with Crippen LogP contribution in [-0.4, -0.2) is 18.7 Å². The van der Waals surface area contributed by atoms with E-state index in [0.717, 1.165) is 44.6 Å². The van der Waals surface area contributed by atoms with Crippen molar-refractivity contribution in [3.05, 3.63) is 107 Å². The molecule has 156 valence electrons. The van der Waals surface area contributed by atoms with Gasteiger partial charge in [-0.15, -0.1) is 0 Å². The van der Waals surface area contributed by atoms with Gasteiger partial charge in [0.05, 0.1) is 24.6 Å². The molecule has 0 aromatic heterocycles. The molecule has 3 aliphatic rings. The first-order chi connectivity index (χ1) is 14.8. The van der Waals surface area contributed by atoms with Crippen LogP contribution in [0, 0.1) is 0 Å². The molecule has 2 aliphatic heterocycles. The third-order valence-corrected chi connectivity index (χ3v) is 5.13. The number of halogens is 1. The lowest BCUT2D eigenvalue weighted by atomic mass is 10.0. The average molecular weight is 432 g/mol. The van der Waals surface area contributed by atoms with Gasteiger partial charge in [-0.05, 0) is 30.7 Å². The summed E-state index contributed by atoms with van der Waals surface area (Å²) < 4.78 is 11.9. The Bertz CT molecular complexity index is 1160. The zero-order chi connectivity index (χ0) is 20.3. The molecule has 0 amide bonds. The number of allylic oxidation sites excluding steroid dienone is 4. The van der Waals surface area contributed by atoms with Crippen molar-refractivity contribution in [1.82, 2.24) is 0 Å². The molecule has 0 fully saturated rings. The summed E-state index contributed by atoms with van der Waals surface area (Å²) in [6.07, 6.45) is 11.9. The smallest absolute Gasteiger partial charge is 0.244 e. The first-order valence-corrected chi connectivity index (χ1v) is 10.1. The van der Waals surface area contributed by atoms with E-state index >= 15 is 0 Å². The second kappa shape index (κ2) is 9.16. The molecule has 5 nitrogen and oxygen atoms in total. The number of nitrogens with zero attached hydrogens (tertiary/aromatic N) is 2. The zero-order valence-electron chi connectivity index (χ0n) is 17.1. The average Bonchev–Trinajstić information content (AvgIpc) is 3.12. The third kappa shape index (κ3) is 4.10. The highest BCUT2D eigenvalue weighted by Gasteiger charge is 2.34. The molecule has 0 saturated heterocycles. The number of aliphatic imine (C=N–C) groups is 2. The molecule has 2 aromatic rings. The maximum Gasteiger partial charge on any atom is 0.244 e. The number of nitrogens with one attached hydrogen (secondary N) is 1. The van der Waals surface area contributed by atoms with Gasteiger partial charge in [-0.1, -0.05) is 48.6 Å². The number of benzene rings is 2. The number of fused-ring (bicyclic) bond motifs is 1. The molecule has 0 spiro atoms. The van der Waals surface area contributed by atoms with Crippen molar-refractivity contribution < 1.29 is 26.8 Å². The minimum atomic E-state index is 0. The third-order valence-electron chi connectivity index (χ3n) is 5.13. The number of ether oxygens (including phenoxy) is 2. The highest BCUT2D eigenvalue weighted by Crippen LogP contribution is 2.31. The number of quaternary nitrogens is 1. The summed E-state index contributed by atoms with van der Waals surface area (Å²) in [5.41, 5.74) is 5.26. The minimum absolute atomic E-state index is 0. The van der Waals surface area contributed by atoms with E-state index in [2.05, 4.69) is 29.3 Å². The van der Waals surface area contributed by atoms with Gasteiger partial charge in [-0.2, -0.15) is 4.99 Å². The fourth-order valence-corrected chi connectivity index (χ4v) is 3.59. The van der Waals surface area contributed by atoms with Crippen LogP contribution in [0.4, 0.5) is 0 Å². The van der Waals surface area contributed by atoms with Crippen molar-refractivity contribution in [2.75, 3.05) is 6.61 Å². The van der Waals surface area contributed by atoms with E-state index < -0.39 is 0 Å². The van der Waals surface area contributed by atoms with Gasteiger partial charge < -0.3 is 21.9 Å². The Morgan fingerprint density at radius 3 is 2.58 bits per heavy atom. The predicted octanol–water partition coefficient (Wildman–Crippen LogP) is 0.577. The summed E-state index contributed by atoms with van der Waals surface area (Å²) in [7, 11) is 0. The molecular weight excluding hydrogens is 410 g/mol. The van der Waals surface area contributed by atoms with Gasteiger partial charge in [0.2, 0.25) is 5.84 Å². The van der Waals surface area contributed by atoms with Crippen LogP contribution in [-0.2, 0) is 6.61 Å². The van der Waals surface area contributed by atoms with Crippen molar-refractivity contribution in [2.24, 2.45) is 9.98 Å². The van der Waals surface area contributed by atoms with Crippen molar-refractivity contribution >= 4 is 12.1 Å². The van der Waals surface area contributed by atoms with Crippen molar-refractivity contribution in [3.8, 4) is 11.5 Å². The maximum absolute atomic E-state index is 6.15. The fourth-order valence-electron chi connectivity index (χ4n) is 3.59. The fraction of sp³-hybridized carbons (Fsp3) is 0.120. The van der Waals surface area contributed by atoms with E-state index in [1.807, 2.05) is 68.0 Å². The van der Waals surface area contributed by atoms with E-state index in [0.29, 0.717) is 19.0 Å². The van der Waals surface area contributed by atoms with E-state index in [-0.39, 0.29) is 12.4 Å². The van der Waals surface area contributed by atoms with Gasteiger partial charge in [0.15, 0.2) is 17.2 Å². The maximum atomic E-state index is 6.15. The summed E-state index contributed by atoms with van der Waals surface area (Å²) in [6.45, 7) is 3.03. The van der Waals surface area contributed by atoms with Crippen molar-refractivity contribution in [3.63, 3.8) is 0 Å². The van der Waals surface area contributed by atoms with Crippen LogP contribution >= 0.6 is 0 Å². The number of amidine groups is 1. The Balaban J connectivity index is 0.00000231. The summed E-state index contributed by atoms with van der Waals surface area (Å²) in [5, 5.41) is 0. The molecule has 0 saturated carbocycles. The predicted molar refractivity (Wildman–Crippen MR) is 118 cm³/mol. The molecule has 1 atom stereocenters. The standard InChI is InChI=1S/C25H21N3O2.ClH/c1-2-29-22-12-11-20(15-23(22)30-17-18-7-4-3-5-8-18)25-27-24(19-9-6-10-19)21-16-26-13-14-28(21)25;/h3-16H,2,17H2,1H3;1H. The molecule has 5 rings (SSSR count). The summed E-state index contributed by atoms with van der Waals surface area (Å²) in [5.74, 6) is 2.38. The van der Waals surface area contributed by atoms with Gasteiger partial charge in [0.25, 0.3) is 0 Å². The quantitative estimate of drug-likeness (QED) is 0.697. The molecule has 2 aromatic carbocycles. The van der Waals surface area contributed by atoms with Crippen molar-refractivity contribution in [1.29, 1.82) is 0 Å². The monoisotopic (exact) mass is 431 g/mol. The second-order valence-corrected chi connectivity index (χ2v) is 7.08. The molecule has 0 bridgehead atoms. The van der Waals surface area contributed by atoms with Gasteiger partial charge in [-0.3, -0.25) is 4.99 Å². The number of rotatable bonds is 7. The first kappa shape index (κ1) is 20.8. The Morgan fingerprint density at radius 1 is 1.00 bits per heavy atom. The lowest BCUT2D eigenvalue weighted by Crippen LogP contribution is -3.08. The molecular formula is C25H22ClN3O2. The summed E-state index contributed by atoms with van der Waals surface area (Å²) >= 11 is 0. The van der Waals surface area contributed by atoms with E-state index in [9.17, 15) is 0 Å². The van der Waals surface area contributed by atoms with Gasteiger partial charge in [-0.25, -0.2) is 4.90 Å². The lowest BCUT2D eigenvalue weighted by molar-refractivity contribution is -0.689. The SMILES string of the molecule is CCOc1ccc(C2=NC(C3=CC=C3)=C3C=NC=C[NH+]23)cc1OCc1ccccc1.[Cl-]. The van der Waals surface area contributed by atoms with Crippen molar-refractivity contribution in [2.45, 2.75) is 13.5 Å². The summed E-state index contributed by atoms with van der Waals surface area (Å²) in [6, 6.07) is 16.1. The molecule has 1 N–H and O–H groups in total. The van der Waals surface area contributed by atoms with Crippen LogP contribution in [0.5, 0.6) is 11.5 Å². The van der Waals surface area contributed by atoms with Crippen LogP contribution in [0.15, 0.2) is 106 Å². The molecule has 2 heterocycles. The highest BCUT2D eigenvalue weighted by molar-refractivity contribution is 6.00. The molecule has 1 unspecified atom stereocenters. The summed E-state index contributed by atoms with van der Waals surface area (Å²) in [4.78, 5) is 10.3. The van der Waals surface area contributed by atoms with E-state index in [4.69, 9.17) is 14.5 Å². The lowest BCUT2D eigenvalue weighted by Gasteiger charge is -2.16. The number of hydrogen-bond donors (Lipinski definition) is 1. The van der Waals surface area contributed by atoms with E-state index in [1.165, 1.54) is 0 Å². The largest absolute Gasteiger partial charge is 1.00 e. The molecule has 31 heavy (non-hydrogen) atoms. The Labute approximate surface area is 187 Å². The van der Waals surface area contributed by atoms with Crippen LogP contribution in [0.2, 0.25) is 0 Å². The van der Waals surface area contributed by atoms with Crippen LogP contribution in [0.1, 0.15) is 18.1 Å². The molecule has 6 heteroatoms. The Morgan fingerprint density at radius 2 is 1.84 bits per heavy atom. The Hall–Kier alpha value is -3.41. The normalized spacial score (nSPS) is 18.0. The topological polar surface area (TPSA) is 47.6 Å². The molecule has 0 radical (unpaired) electrons. The Kier molecular flexibility index (Phi) is 6.16. The van der Waals surface area contributed by atoms with Gasteiger partial charge >= 0.3 is 0 Å². The molecule has 1 aliphatic carbocycles.